The molecule has 200 valence electrons. The van der Waals surface area contributed by atoms with Gasteiger partial charge in [-0.25, -0.2) is 13.4 Å². The van der Waals surface area contributed by atoms with E-state index in [1.165, 1.54) is 12.1 Å². The van der Waals surface area contributed by atoms with Crippen molar-refractivity contribution in [3.05, 3.63) is 72.0 Å². The maximum absolute atomic E-state index is 13.3. The van der Waals surface area contributed by atoms with Gasteiger partial charge >= 0.3 is 6.18 Å². The first-order valence-electron chi connectivity index (χ1n) is 11.6. The number of nitrogens with zero attached hydrogens (tertiary/aromatic N) is 4. The number of aromatic nitrogens is 2. The molecule has 1 amide bonds. The van der Waals surface area contributed by atoms with E-state index in [-0.39, 0.29) is 29.6 Å². The van der Waals surface area contributed by atoms with Gasteiger partial charge in [0, 0.05) is 18.0 Å². The van der Waals surface area contributed by atoms with E-state index in [9.17, 15) is 26.4 Å². The minimum atomic E-state index is -4.61. The lowest BCUT2D eigenvalue weighted by atomic mass is 10.1. The molecule has 38 heavy (non-hydrogen) atoms. The number of halogens is 3. The number of allylic oxidation sites excluding steroid dienone is 3. The Morgan fingerprint density at radius 3 is 2.68 bits per heavy atom. The van der Waals surface area contributed by atoms with Crippen molar-refractivity contribution in [3.8, 4) is 0 Å². The maximum atomic E-state index is 13.3. The van der Waals surface area contributed by atoms with E-state index in [1.807, 2.05) is 0 Å². The normalized spacial score (nSPS) is 17.6. The zero-order chi connectivity index (χ0) is 27.5. The number of alkyl halides is 3. The second-order valence-electron chi connectivity index (χ2n) is 8.42. The second-order valence-corrected chi connectivity index (χ2v) is 10.2. The Balaban J connectivity index is 1.46. The third-order valence-electron chi connectivity index (χ3n) is 5.99. The molecule has 1 aromatic carbocycles. The molecule has 13 heteroatoms. The lowest BCUT2D eigenvalue weighted by Crippen LogP contribution is -2.46. The van der Waals surface area contributed by atoms with Crippen LogP contribution in [-0.4, -0.2) is 54.4 Å². The number of aliphatic imine (C=N–C) groups is 1. The maximum Gasteiger partial charge on any atom is 0.434 e. The van der Waals surface area contributed by atoms with Crippen molar-refractivity contribution in [1.29, 1.82) is 0 Å². The number of sulfonamides is 1. The molecule has 0 unspecified atom stereocenters. The first-order chi connectivity index (χ1) is 18.0. The van der Waals surface area contributed by atoms with Crippen LogP contribution in [0.25, 0.3) is 16.5 Å². The summed E-state index contributed by atoms with van der Waals surface area (Å²) >= 11 is 0. The van der Waals surface area contributed by atoms with E-state index in [4.69, 9.17) is 4.42 Å². The summed E-state index contributed by atoms with van der Waals surface area (Å²) in [6.07, 6.45) is 0.939. The molecule has 1 atom stereocenters. The molecule has 3 aromatic rings. The highest BCUT2D eigenvalue weighted by Gasteiger charge is 2.41. The van der Waals surface area contributed by atoms with Crippen LogP contribution in [0, 0.1) is 0 Å². The fraction of sp³-hybridized carbons (Fsp3) is 0.280. The van der Waals surface area contributed by atoms with Gasteiger partial charge in [-0.2, -0.15) is 17.5 Å². The van der Waals surface area contributed by atoms with Gasteiger partial charge in [0.25, 0.3) is 10.0 Å². The second kappa shape index (κ2) is 10.9. The average molecular weight is 548 g/mol. The van der Waals surface area contributed by atoms with Gasteiger partial charge in [0.05, 0.1) is 30.3 Å². The van der Waals surface area contributed by atoms with Crippen LogP contribution >= 0.6 is 0 Å². The van der Waals surface area contributed by atoms with Crippen molar-refractivity contribution in [3.63, 3.8) is 0 Å². The van der Waals surface area contributed by atoms with Crippen LogP contribution in [0.3, 0.4) is 0 Å². The van der Waals surface area contributed by atoms with Crippen LogP contribution in [0.1, 0.15) is 31.2 Å². The summed E-state index contributed by atoms with van der Waals surface area (Å²) in [5.74, 6) is -0.520. The highest BCUT2D eigenvalue weighted by atomic mass is 32.2. The zero-order valence-electron chi connectivity index (χ0n) is 20.3. The third kappa shape index (κ3) is 5.68. The van der Waals surface area contributed by atoms with E-state index in [2.05, 4.69) is 27.0 Å². The average Bonchev–Trinajstić information content (AvgIpc) is 3.57. The molecule has 0 spiro atoms. The summed E-state index contributed by atoms with van der Waals surface area (Å²) in [7, 11) is -4.06. The number of amides is 1. The number of hydrogen-bond donors (Lipinski definition) is 1. The Kier molecular flexibility index (Phi) is 7.78. The molecular formula is C25H24F3N5O4S. The molecule has 3 heterocycles. The monoisotopic (exact) mass is 547 g/mol. The number of rotatable bonds is 8. The summed E-state index contributed by atoms with van der Waals surface area (Å²) in [4.78, 5) is 24.1. The van der Waals surface area contributed by atoms with Crippen LogP contribution in [0.5, 0.6) is 0 Å². The van der Waals surface area contributed by atoms with Crippen molar-refractivity contribution in [1.82, 2.24) is 19.6 Å². The molecule has 9 nitrogen and oxygen atoms in total. The van der Waals surface area contributed by atoms with Gasteiger partial charge in [0.1, 0.15) is 11.6 Å². The molecule has 2 aromatic heterocycles. The minimum Gasteiger partial charge on any atom is -0.443 e. The third-order valence-corrected chi connectivity index (χ3v) is 7.75. The largest absolute Gasteiger partial charge is 0.443 e. The summed E-state index contributed by atoms with van der Waals surface area (Å²) in [6, 6.07) is 7.38. The Morgan fingerprint density at radius 1 is 1.29 bits per heavy atom. The summed E-state index contributed by atoms with van der Waals surface area (Å²) in [5.41, 5.74) is 0.187. The summed E-state index contributed by atoms with van der Waals surface area (Å²) in [6.45, 7) is 5.20. The van der Waals surface area contributed by atoms with Crippen molar-refractivity contribution >= 4 is 39.2 Å². The van der Waals surface area contributed by atoms with Crippen LogP contribution in [0.15, 0.2) is 75.1 Å². The van der Waals surface area contributed by atoms with Crippen LogP contribution in [0.4, 0.5) is 13.2 Å². The number of benzene rings is 1. The first kappa shape index (κ1) is 27.2. The molecular weight excluding hydrogens is 523 g/mol. The highest BCUT2D eigenvalue weighted by molar-refractivity contribution is 7.89. The summed E-state index contributed by atoms with van der Waals surface area (Å²) in [5, 5.41) is 3.08. The van der Waals surface area contributed by atoms with Gasteiger partial charge in [-0.1, -0.05) is 24.3 Å². The van der Waals surface area contributed by atoms with Crippen LogP contribution < -0.4 is 5.32 Å². The molecule has 0 bridgehead atoms. The molecule has 1 aliphatic heterocycles. The Morgan fingerprint density at radius 2 is 2.05 bits per heavy atom. The van der Waals surface area contributed by atoms with Gasteiger partial charge in [0.2, 0.25) is 11.0 Å². The predicted octanol–water partition coefficient (Wildman–Crippen LogP) is 4.20. The topological polar surface area (TPSA) is 118 Å². The van der Waals surface area contributed by atoms with Crippen molar-refractivity contribution in [2.75, 3.05) is 13.1 Å². The zero-order valence-corrected chi connectivity index (χ0v) is 21.1. The van der Waals surface area contributed by atoms with Gasteiger partial charge in [0.15, 0.2) is 5.69 Å². The fourth-order valence-corrected chi connectivity index (χ4v) is 5.65. The fourth-order valence-electron chi connectivity index (χ4n) is 4.05. The quantitative estimate of drug-likeness (QED) is 0.334. The SMILES string of the molecule is C=N/C(=C\C(=C/C)c1cnc(C(F)(F)F)cn1)CNC(=O)[C@@H]1CCCN1S(=O)(=O)c1cc2ccccc2o1. The number of hydrogen-bond acceptors (Lipinski definition) is 7. The van der Waals surface area contributed by atoms with Crippen molar-refractivity contribution in [2.45, 2.75) is 37.1 Å². The lowest BCUT2D eigenvalue weighted by Gasteiger charge is -2.22. The van der Waals surface area contributed by atoms with Gasteiger partial charge in [-0.3, -0.25) is 14.8 Å². The molecule has 1 aliphatic rings. The number of carbonyl (C=O) groups excluding carboxylic acids is 1. The first-order valence-corrected chi connectivity index (χ1v) is 13.0. The molecule has 0 saturated carbocycles. The molecule has 4 rings (SSSR count). The van der Waals surface area contributed by atoms with Gasteiger partial charge in [-0.05, 0) is 44.2 Å². The smallest absolute Gasteiger partial charge is 0.434 e. The number of carbonyl (C=O) groups is 1. The molecule has 0 aliphatic carbocycles. The molecule has 1 saturated heterocycles. The van der Waals surface area contributed by atoms with Gasteiger partial charge < -0.3 is 9.73 Å². The van der Waals surface area contributed by atoms with E-state index in [0.717, 1.165) is 10.5 Å². The summed E-state index contributed by atoms with van der Waals surface area (Å²) < 4.78 is 71.5. The number of fused-ring (bicyclic) bond motifs is 1. The van der Waals surface area contributed by atoms with Crippen molar-refractivity contribution in [2.24, 2.45) is 4.99 Å². The van der Waals surface area contributed by atoms with Gasteiger partial charge in [-0.15, -0.1) is 0 Å². The van der Waals surface area contributed by atoms with E-state index < -0.39 is 33.8 Å². The Hall–Kier alpha value is -3.84. The number of furan rings is 1. The van der Waals surface area contributed by atoms with Crippen molar-refractivity contribution < 1.29 is 30.8 Å². The molecule has 0 radical (unpaired) electrons. The Labute approximate surface area is 216 Å². The van der Waals surface area contributed by atoms with E-state index >= 15 is 0 Å². The minimum absolute atomic E-state index is 0.0945. The predicted molar refractivity (Wildman–Crippen MR) is 134 cm³/mol. The van der Waals surface area contributed by atoms with Crippen LogP contribution in [0.2, 0.25) is 0 Å². The van der Waals surface area contributed by atoms with E-state index in [0.29, 0.717) is 35.6 Å². The Bertz CT molecular complexity index is 1480. The number of para-hydroxylation sites is 1. The highest BCUT2D eigenvalue weighted by Crippen LogP contribution is 2.30. The molecule has 1 fully saturated rings. The standard InChI is InChI=1S/C25H24F3N5O4S/c1-3-16(19-14-31-22(15-30-19)25(26,27)28)11-18(29-2)13-32-24(34)20-8-6-10-33(20)38(35,36)23-12-17-7-4-5-9-21(17)37-23/h3-5,7,9,11-12,14-15,20H,2,6,8,10,13H2,1H3,(H,32,34)/b16-3+,18-11-/t20-/m0/s1. The van der Waals surface area contributed by atoms with Crippen LogP contribution in [-0.2, 0) is 21.0 Å². The van der Waals surface area contributed by atoms with E-state index in [1.54, 1.807) is 37.3 Å². The molecule has 1 N–H and O–H groups in total. The lowest BCUT2D eigenvalue weighted by molar-refractivity contribution is -0.141. The number of nitrogens with one attached hydrogen (secondary N) is 1.